The number of hydrogen-bond donors (Lipinski definition) is 1. The Hall–Kier alpha value is -4.75. The van der Waals surface area contributed by atoms with Gasteiger partial charge < -0.3 is 19.1 Å². The molecule has 41 heavy (non-hydrogen) atoms. The lowest BCUT2D eigenvalue weighted by molar-refractivity contribution is 0.0730. The van der Waals surface area contributed by atoms with Crippen LogP contribution in [0.1, 0.15) is 38.8 Å². The first-order valence-electron chi connectivity index (χ1n) is 13.2. The summed E-state index contributed by atoms with van der Waals surface area (Å²) in [6, 6.07) is 30.6. The van der Waals surface area contributed by atoms with E-state index in [-0.39, 0.29) is 5.91 Å². The van der Waals surface area contributed by atoms with Crippen LogP contribution in [-0.4, -0.2) is 35.2 Å². The van der Waals surface area contributed by atoms with Crippen molar-refractivity contribution in [1.29, 1.82) is 0 Å². The highest BCUT2D eigenvalue weighted by molar-refractivity contribution is 6.30. The molecule has 0 fully saturated rings. The van der Waals surface area contributed by atoms with Crippen molar-refractivity contribution in [3.8, 4) is 28.5 Å². The zero-order valence-electron chi connectivity index (χ0n) is 22.6. The molecule has 6 rings (SSSR count). The van der Waals surface area contributed by atoms with Crippen LogP contribution in [0.3, 0.4) is 0 Å². The third kappa shape index (κ3) is 5.24. The van der Waals surface area contributed by atoms with E-state index in [1.54, 1.807) is 14.2 Å². The predicted molar refractivity (Wildman–Crippen MR) is 158 cm³/mol. The van der Waals surface area contributed by atoms with E-state index in [0.717, 1.165) is 33.6 Å². The number of carbonyl (C=O) groups is 1. The number of aromatic nitrogens is 2. The van der Waals surface area contributed by atoms with Crippen LogP contribution in [-0.2, 0) is 13.2 Å². The predicted octanol–water partition coefficient (Wildman–Crippen LogP) is 7.07. The molecule has 1 N–H and O–H groups in total. The van der Waals surface area contributed by atoms with Gasteiger partial charge in [-0.1, -0.05) is 60.1 Å². The molecule has 5 aromatic rings. The van der Waals surface area contributed by atoms with Crippen molar-refractivity contribution < 1.29 is 19.0 Å². The lowest BCUT2D eigenvalue weighted by atomic mass is 9.95. The van der Waals surface area contributed by atoms with Crippen LogP contribution < -0.4 is 14.2 Å². The molecule has 1 amide bonds. The minimum atomic E-state index is -0.416. The molecule has 0 spiro atoms. The number of rotatable bonds is 9. The quantitative estimate of drug-likeness (QED) is 0.207. The van der Waals surface area contributed by atoms with Crippen LogP contribution in [0.2, 0.25) is 5.02 Å². The van der Waals surface area contributed by atoms with E-state index in [1.165, 1.54) is 0 Å². The molecule has 0 saturated carbocycles. The molecule has 7 nitrogen and oxygen atoms in total. The van der Waals surface area contributed by atoms with E-state index in [1.807, 2.05) is 102 Å². The minimum absolute atomic E-state index is 0.129. The fourth-order valence-corrected chi connectivity index (χ4v) is 5.30. The molecular weight excluding hydrogens is 538 g/mol. The first-order chi connectivity index (χ1) is 20.1. The van der Waals surface area contributed by atoms with Gasteiger partial charge in [-0.15, -0.1) is 0 Å². The standard InChI is InChI=1S/C33H28ClN3O4/c1-39-26-15-10-23(11-16-26)30-29-31(36-35-30)33(38)37(19-21-8-13-25(34)14-9-21)32(29)24-12-17-27(28(18-24)40-2)41-20-22-6-4-3-5-7-22/h3-18,32H,19-20H2,1-2H3,(H,35,36). The van der Waals surface area contributed by atoms with E-state index < -0.39 is 6.04 Å². The molecule has 0 bridgehead atoms. The Morgan fingerprint density at radius 2 is 1.61 bits per heavy atom. The Kier molecular flexibility index (Phi) is 7.35. The summed E-state index contributed by atoms with van der Waals surface area (Å²) in [5.74, 6) is 1.82. The SMILES string of the molecule is COc1ccc(-c2n[nH]c3c2C(c2ccc(OCc4ccccc4)c(OC)c2)N(Cc2ccc(Cl)cc2)C3=O)cc1. The highest BCUT2D eigenvalue weighted by Crippen LogP contribution is 2.45. The average molecular weight is 566 g/mol. The Labute approximate surface area is 243 Å². The summed E-state index contributed by atoms with van der Waals surface area (Å²) in [5.41, 5.74) is 5.78. The largest absolute Gasteiger partial charge is 0.497 e. The summed E-state index contributed by atoms with van der Waals surface area (Å²) in [7, 11) is 3.25. The lowest BCUT2D eigenvalue weighted by Gasteiger charge is -2.27. The molecule has 1 aliphatic rings. The fraction of sp³-hybridized carbons (Fsp3) is 0.152. The van der Waals surface area contributed by atoms with E-state index in [9.17, 15) is 4.79 Å². The Morgan fingerprint density at radius 1 is 0.854 bits per heavy atom. The number of halogens is 1. The Bertz CT molecular complexity index is 1670. The summed E-state index contributed by atoms with van der Waals surface area (Å²) in [6.45, 7) is 0.800. The highest BCUT2D eigenvalue weighted by atomic mass is 35.5. The van der Waals surface area contributed by atoms with Gasteiger partial charge in [-0.3, -0.25) is 9.89 Å². The van der Waals surface area contributed by atoms with Crippen molar-refractivity contribution in [2.24, 2.45) is 0 Å². The number of ether oxygens (including phenoxy) is 3. The van der Waals surface area contributed by atoms with Crippen LogP contribution in [0.25, 0.3) is 11.3 Å². The van der Waals surface area contributed by atoms with Crippen molar-refractivity contribution in [1.82, 2.24) is 15.1 Å². The maximum Gasteiger partial charge on any atom is 0.273 e. The molecule has 2 heterocycles. The molecule has 1 atom stereocenters. The fourth-order valence-electron chi connectivity index (χ4n) is 5.17. The number of carbonyl (C=O) groups excluding carboxylic acids is 1. The van der Waals surface area contributed by atoms with Gasteiger partial charge in [0.15, 0.2) is 11.5 Å². The van der Waals surface area contributed by atoms with Gasteiger partial charge in [-0.2, -0.15) is 5.10 Å². The summed E-state index contributed by atoms with van der Waals surface area (Å²) in [5, 5.41) is 8.24. The number of nitrogens with zero attached hydrogens (tertiary/aromatic N) is 2. The monoisotopic (exact) mass is 565 g/mol. The van der Waals surface area contributed by atoms with Gasteiger partial charge in [0.1, 0.15) is 18.1 Å². The summed E-state index contributed by atoms with van der Waals surface area (Å²) in [4.78, 5) is 15.7. The molecule has 1 aromatic heterocycles. The molecule has 0 aliphatic carbocycles. The number of aromatic amines is 1. The number of methoxy groups -OCH3 is 2. The molecule has 0 saturated heterocycles. The first-order valence-corrected chi connectivity index (χ1v) is 13.6. The Morgan fingerprint density at radius 3 is 2.32 bits per heavy atom. The second-order valence-corrected chi connectivity index (χ2v) is 10.2. The number of nitrogens with one attached hydrogen (secondary N) is 1. The van der Waals surface area contributed by atoms with Crippen LogP contribution in [0.4, 0.5) is 0 Å². The van der Waals surface area contributed by atoms with Gasteiger partial charge in [0.25, 0.3) is 5.91 Å². The molecule has 8 heteroatoms. The summed E-state index contributed by atoms with van der Waals surface area (Å²) in [6.07, 6.45) is 0. The van der Waals surface area contributed by atoms with Gasteiger partial charge in [0.2, 0.25) is 0 Å². The molecule has 4 aromatic carbocycles. The molecule has 1 unspecified atom stereocenters. The zero-order valence-corrected chi connectivity index (χ0v) is 23.4. The van der Waals surface area contributed by atoms with Crippen molar-refractivity contribution in [2.45, 2.75) is 19.2 Å². The summed E-state index contributed by atoms with van der Waals surface area (Å²) < 4.78 is 17.2. The number of hydrogen-bond acceptors (Lipinski definition) is 5. The zero-order chi connectivity index (χ0) is 28.3. The van der Waals surface area contributed by atoms with Gasteiger partial charge >= 0.3 is 0 Å². The minimum Gasteiger partial charge on any atom is -0.497 e. The molecule has 0 radical (unpaired) electrons. The second kappa shape index (κ2) is 11.4. The van der Waals surface area contributed by atoms with E-state index in [4.69, 9.17) is 25.8 Å². The lowest BCUT2D eigenvalue weighted by Crippen LogP contribution is -2.29. The maximum atomic E-state index is 13.8. The van der Waals surface area contributed by atoms with Gasteiger partial charge in [-0.05, 0) is 65.2 Å². The van der Waals surface area contributed by atoms with E-state index >= 15 is 0 Å². The highest BCUT2D eigenvalue weighted by Gasteiger charge is 2.42. The maximum absolute atomic E-state index is 13.8. The molecular formula is C33H28ClN3O4. The number of benzene rings is 4. The average Bonchev–Trinajstić information content (AvgIpc) is 3.56. The first kappa shape index (κ1) is 26.5. The smallest absolute Gasteiger partial charge is 0.273 e. The van der Waals surface area contributed by atoms with E-state index in [0.29, 0.717) is 41.1 Å². The van der Waals surface area contributed by atoms with Crippen molar-refractivity contribution in [3.63, 3.8) is 0 Å². The summed E-state index contributed by atoms with van der Waals surface area (Å²) >= 11 is 6.13. The third-order valence-electron chi connectivity index (χ3n) is 7.23. The van der Waals surface area contributed by atoms with Crippen LogP contribution in [0.5, 0.6) is 17.2 Å². The van der Waals surface area contributed by atoms with Gasteiger partial charge in [-0.25, -0.2) is 0 Å². The number of fused-ring (bicyclic) bond motifs is 1. The van der Waals surface area contributed by atoms with Gasteiger partial charge in [0.05, 0.1) is 26.0 Å². The molecule has 1 aliphatic heterocycles. The van der Waals surface area contributed by atoms with Crippen molar-refractivity contribution in [2.75, 3.05) is 14.2 Å². The second-order valence-electron chi connectivity index (χ2n) is 9.74. The number of H-pyrrole nitrogens is 1. The van der Waals surface area contributed by atoms with E-state index in [2.05, 4.69) is 10.2 Å². The topological polar surface area (TPSA) is 76.7 Å². The van der Waals surface area contributed by atoms with Crippen molar-refractivity contribution >= 4 is 17.5 Å². The Balaban J connectivity index is 1.40. The van der Waals surface area contributed by atoms with Gasteiger partial charge in [0, 0.05) is 22.7 Å². The normalized spacial score (nSPS) is 14.2. The van der Waals surface area contributed by atoms with Crippen LogP contribution in [0.15, 0.2) is 97.1 Å². The van der Waals surface area contributed by atoms with Crippen LogP contribution in [0, 0.1) is 0 Å². The molecule has 206 valence electrons. The van der Waals surface area contributed by atoms with Crippen molar-refractivity contribution in [3.05, 3.63) is 130 Å². The number of amides is 1. The third-order valence-corrected chi connectivity index (χ3v) is 7.49. The van der Waals surface area contributed by atoms with Crippen LogP contribution >= 0.6 is 11.6 Å².